The molecule has 1 N–H and O–H groups in total. The molecule has 0 aliphatic heterocycles. The number of hydrogen-bond donors (Lipinski definition) is 1. The Bertz CT molecular complexity index is 608. The lowest BCUT2D eigenvalue weighted by atomic mass is 9.45. The van der Waals surface area contributed by atoms with Gasteiger partial charge in [0.2, 0.25) is 0 Å². The lowest BCUT2D eigenvalue weighted by Crippen LogP contribution is -2.58. The molecule has 3 saturated carbocycles. The largest absolute Gasteiger partial charge is 0.393 e. The summed E-state index contributed by atoms with van der Waals surface area (Å²) in [5, 5.41) is 11.1. The van der Waals surface area contributed by atoms with Gasteiger partial charge in [-0.05, 0) is 74.2 Å². The predicted molar refractivity (Wildman–Crippen MR) is 92.2 cm³/mol. The lowest BCUT2D eigenvalue weighted by molar-refractivity contribution is -0.157. The van der Waals surface area contributed by atoms with E-state index in [1.807, 2.05) is 0 Å². The fraction of sp³-hybridized carbons (Fsp3) is 0.810. The molecule has 1 unspecified atom stereocenters. The number of aliphatic hydroxyl groups excluding tert-OH is 1. The molecule has 0 radical (unpaired) electrons. The normalized spacial score (nSPS) is 53.2. The Morgan fingerprint density at radius 1 is 1.17 bits per heavy atom. The van der Waals surface area contributed by atoms with Crippen molar-refractivity contribution in [3.63, 3.8) is 0 Å². The van der Waals surface area contributed by atoms with Crippen molar-refractivity contribution in [3.05, 3.63) is 12.2 Å². The summed E-state index contributed by atoms with van der Waals surface area (Å²) < 4.78 is 0. The van der Waals surface area contributed by atoms with E-state index in [1.165, 1.54) is 0 Å². The van der Waals surface area contributed by atoms with E-state index >= 15 is 0 Å². The monoisotopic (exact) mass is 330 g/mol. The van der Waals surface area contributed by atoms with Crippen LogP contribution in [0.25, 0.3) is 0 Å². The number of aliphatic hydroxyl groups is 1. The maximum absolute atomic E-state index is 12.2. The van der Waals surface area contributed by atoms with Crippen molar-refractivity contribution in [2.45, 2.75) is 65.4 Å². The van der Waals surface area contributed by atoms with Gasteiger partial charge in [0.25, 0.3) is 0 Å². The second-order valence-electron chi connectivity index (χ2n) is 9.38. The first kappa shape index (κ1) is 16.5. The molecule has 0 saturated heterocycles. The Morgan fingerprint density at radius 2 is 1.92 bits per heavy atom. The van der Waals surface area contributed by atoms with Crippen LogP contribution in [0, 0.1) is 40.4 Å². The number of allylic oxidation sites excluding steroid dienone is 2. The highest BCUT2D eigenvalue weighted by atomic mass is 16.3. The van der Waals surface area contributed by atoms with Gasteiger partial charge in [-0.15, -0.1) is 0 Å². The highest BCUT2D eigenvalue weighted by Gasteiger charge is 2.63. The van der Waals surface area contributed by atoms with Gasteiger partial charge in [0.1, 0.15) is 5.78 Å². The molecule has 4 aliphatic rings. The summed E-state index contributed by atoms with van der Waals surface area (Å²) in [6.45, 7) is 6.18. The van der Waals surface area contributed by atoms with Crippen LogP contribution in [0.5, 0.6) is 0 Å². The maximum Gasteiger partial charge on any atom is 0.155 e. The molecule has 0 aromatic carbocycles. The molecule has 24 heavy (non-hydrogen) atoms. The van der Waals surface area contributed by atoms with Gasteiger partial charge >= 0.3 is 0 Å². The Balaban J connectivity index is 1.71. The topological polar surface area (TPSA) is 54.4 Å². The summed E-state index contributed by atoms with van der Waals surface area (Å²) in [4.78, 5) is 24.0. The van der Waals surface area contributed by atoms with Gasteiger partial charge < -0.3 is 5.11 Å². The molecule has 4 aliphatic carbocycles. The first-order valence-corrected chi connectivity index (χ1v) is 9.69. The highest BCUT2D eigenvalue weighted by molar-refractivity contribution is 5.91. The summed E-state index contributed by atoms with van der Waals surface area (Å²) >= 11 is 0. The third-order valence-corrected chi connectivity index (χ3v) is 8.64. The molecule has 3 heteroatoms. The van der Waals surface area contributed by atoms with Gasteiger partial charge in [-0.2, -0.15) is 0 Å². The summed E-state index contributed by atoms with van der Waals surface area (Å²) in [5.41, 5.74) is -0.210. The van der Waals surface area contributed by atoms with Crippen molar-refractivity contribution >= 4 is 11.6 Å². The molecular weight excluding hydrogens is 300 g/mol. The zero-order chi connectivity index (χ0) is 17.3. The first-order chi connectivity index (χ1) is 11.3. The molecule has 0 aromatic rings. The molecule has 0 amide bonds. The van der Waals surface area contributed by atoms with Crippen LogP contribution in [-0.2, 0) is 9.59 Å². The molecule has 3 nitrogen and oxygen atoms in total. The van der Waals surface area contributed by atoms with Crippen LogP contribution in [0.3, 0.4) is 0 Å². The molecular formula is C21H30O3. The SMILES string of the molecule is CC(=O)[C@H]1CC[C@H]2[C@@H]3CCC4CC(=O)C=C[C@]4(C)[C@H]3C[C@@H](O)[C@]12C. The van der Waals surface area contributed by atoms with Gasteiger partial charge in [0.05, 0.1) is 6.10 Å². The molecule has 4 rings (SSSR count). The first-order valence-electron chi connectivity index (χ1n) is 9.69. The number of fused-ring (bicyclic) bond motifs is 5. The van der Waals surface area contributed by atoms with Crippen LogP contribution < -0.4 is 0 Å². The summed E-state index contributed by atoms with van der Waals surface area (Å²) in [7, 11) is 0. The summed E-state index contributed by atoms with van der Waals surface area (Å²) in [5.74, 6) is 2.44. The third-order valence-electron chi connectivity index (χ3n) is 8.64. The van der Waals surface area contributed by atoms with E-state index in [1.54, 1.807) is 13.0 Å². The molecule has 0 heterocycles. The summed E-state index contributed by atoms with van der Waals surface area (Å²) in [6.07, 6.45) is 9.27. The van der Waals surface area contributed by atoms with E-state index in [0.29, 0.717) is 30.1 Å². The number of carbonyl (C=O) groups excluding carboxylic acids is 2. The molecule has 3 fully saturated rings. The van der Waals surface area contributed by atoms with E-state index in [0.717, 1.165) is 32.1 Å². The van der Waals surface area contributed by atoms with Crippen LogP contribution in [0.4, 0.5) is 0 Å². The van der Waals surface area contributed by atoms with Gasteiger partial charge in [-0.25, -0.2) is 0 Å². The maximum atomic E-state index is 12.2. The van der Waals surface area contributed by atoms with E-state index in [2.05, 4.69) is 19.9 Å². The molecule has 132 valence electrons. The second-order valence-corrected chi connectivity index (χ2v) is 9.38. The number of ketones is 2. The lowest BCUT2D eigenvalue weighted by Gasteiger charge is -2.60. The smallest absolute Gasteiger partial charge is 0.155 e. The quantitative estimate of drug-likeness (QED) is 0.800. The molecule has 8 atom stereocenters. The number of carbonyl (C=O) groups is 2. The van der Waals surface area contributed by atoms with Crippen LogP contribution >= 0.6 is 0 Å². The van der Waals surface area contributed by atoms with Crippen molar-refractivity contribution < 1.29 is 14.7 Å². The fourth-order valence-electron chi connectivity index (χ4n) is 7.26. The van der Waals surface area contributed by atoms with Gasteiger partial charge in [0, 0.05) is 17.8 Å². The Hall–Kier alpha value is -0.960. The van der Waals surface area contributed by atoms with E-state index < -0.39 is 6.10 Å². The zero-order valence-corrected chi connectivity index (χ0v) is 15.1. The van der Waals surface area contributed by atoms with Crippen molar-refractivity contribution in [2.24, 2.45) is 40.4 Å². The van der Waals surface area contributed by atoms with Gasteiger partial charge in [-0.1, -0.05) is 19.9 Å². The number of rotatable bonds is 1. The molecule has 0 spiro atoms. The van der Waals surface area contributed by atoms with Gasteiger partial charge in [0.15, 0.2) is 5.78 Å². The van der Waals surface area contributed by atoms with Gasteiger partial charge in [-0.3, -0.25) is 9.59 Å². The van der Waals surface area contributed by atoms with Crippen LogP contribution in [0.1, 0.15) is 59.3 Å². The average Bonchev–Trinajstić information content (AvgIpc) is 2.88. The van der Waals surface area contributed by atoms with Crippen LogP contribution in [-0.4, -0.2) is 22.8 Å². The average molecular weight is 330 g/mol. The fourth-order valence-corrected chi connectivity index (χ4v) is 7.26. The minimum atomic E-state index is -0.401. The third kappa shape index (κ3) is 2.00. The van der Waals surface area contributed by atoms with Crippen LogP contribution in [0.15, 0.2) is 12.2 Å². The Kier molecular flexibility index (Phi) is 3.62. The minimum Gasteiger partial charge on any atom is -0.393 e. The number of Topliss-reactive ketones (excluding diaryl/α,β-unsaturated/α-hetero) is 1. The molecule has 0 aromatic heterocycles. The van der Waals surface area contributed by atoms with E-state index in [4.69, 9.17) is 0 Å². The van der Waals surface area contributed by atoms with Crippen molar-refractivity contribution in [3.8, 4) is 0 Å². The van der Waals surface area contributed by atoms with E-state index in [-0.39, 0.29) is 28.3 Å². The standard InChI is InChI=1S/C21H30O3/c1-12(22)16-6-7-17-15-5-4-13-10-14(23)8-9-20(13,2)18(15)11-19(24)21(16,17)3/h8-9,13,15-19,24H,4-7,10-11H2,1-3H3/t13?,15-,16+,17-,18-,19+,20-,21+/m0/s1. The minimum absolute atomic E-state index is 0.0208. The summed E-state index contributed by atoms with van der Waals surface area (Å²) in [6, 6.07) is 0. The van der Waals surface area contributed by atoms with Crippen LogP contribution in [0.2, 0.25) is 0 Å². The second kappa shape index (κ2) is 5.27. The predicted octanol–water partition coefficient (Wildman–Crippen LogP) is 3.55. The zero-order valence-electron chi connectivity index (χ0n) is 15.1. The van der Waals surface area contributed by atoms with Crippen molar-refractivity contribution in [1.29, 1.82) is 0 Å². The van der Waals surface area contributed by atoms with Crippen molar-refractivity contribution in [2.75, 3.05) is 0 Å². The van der Waals surface area contributed by atoms with E-state index in [9.17, 15) is 14.7 Å². The molecule has 0 bridgehead atoms. The Labute approximate surface area is 144 Å². The highest BCUT2D eigenvalue weighted by Crippen LogP contribution is 2.66. The Morgan fingerprint density at radius 3 is 2.62 bits per heavy atom. The van der Waals surface area contributed by atoms with Crippen molar-refractivity contribution in [1.82, 2.24) is 0 Å². The number of hydrogen-bond acceptors (Lipinski definition) is 3.